The van der Waals surface area contributed by atoms with Crippen LogP contribution in [0.5, 0.6) is 5.75 Å². The van der Waals surface area contributed by atoms with Crippen LogP contribution in [0.4, 0.5) is 0 Å². The van der Waals surface area contributed by atoms with E-state index < -0.39 is 0 Å². The van der Waals surface area contributed by atoms with Crippen molar-refractivity contribution in [3.63, 3.8) is 0 Å². The highest BCUT2D eigenvalue weighted by Gasteiger charge is 2.44. The second-order valence-electron chi connectivity index (χ2n) is 14.0. The van der Waals surface area contributed by atoms with Gasteiger partial charge in [0.05, 0.1) is 8.94 Å². The maximum Gasteiger partial charge on any atom is 0.123 e. The summed E-state index contributed by atoms with van der Waals surface area (Å²) in [4.78, 5) is 0. The Morgan fingerprint density at radius 3 is 1.48 bits per heavy atom. The number of unbranched alkanes of at least 4 members (excludes halogenated alkanes) is 15. The van der Waals surface area contributed by atoms with E-state index in [2.05, 4.69) is 72.4 Å². The second-order valence-corrected chi connectivity index (χ2v) is 18.4. The predicted octanol–water partition coefficient (Wildman–Crippen LogP) is 12.9. The van der Waals surface area contributed by atoms with E-state index >= 15 is 0 Å². The fourth-order valence-electron chi connectivity index (χ4n) is 5.58. The van der Waals surface area contributed by atoms with Gasteiger partial charge >= 0.3 is 0 Å². The first-order chi connectivity index (χ1) is 18.9. The van der Waals surface area contributed by atoms with Gasteiger partial charge in [-0.15, -0.1) is 11.8 Å². The summed E-state index contributed by atoms with van der Waals surface area (Å²) in [7, 11) is 3.68. The third-order valence-electron chi connectivity index (χ3n) is 8.27. The van der Waals surface area contributed by atoms with Crippen molar-refractivity contribution in [3.8, 4) is 5.75 Å². The Kier molecular flexibility index (Phi) is 16.4. The number of phenols is 1. The molecule has 0 amide bonds. The molecule has 1 aromatic rings. The van der Waals surface area contributed by atoms with Gasteiger partial charge in [-0.3, -0.25) is 0 Å². The summed E-state index contributed by atoms with van der Waals surface area (Å²) in [6.45, 7) is 15.5. The fraction of sp³-hybridized carbons (Fsp3) is 0.800. The highest BCUT2D eigenvalue weighted by Crippen LogP contribution is 2.55. The minimum atomic E-state index is -0.145. The van der Waals surface area contributed by atoms with Gasteiger partial charge in [0.15, 0.2) is 0 Å². The Bertz CT molecular complexity index is 847. The first-order valence-electron chi connectivity index (χ1n) is 16.3. The van der Waals surface area contributed by atoms with Gasteiger partial charge in [-0.2, -0.15) is 0 Å². The van der Waals surface area contributed by atoms with E-state index in [0.29, 0.717) is 5.75 Å². The average molecular weight is 625 g/mol. The maximum atomic E-state index is 11.3. The zero-order valence-electron chi connectivity index (χ0n) is 27.0. The fourth-order valence-corrected chi connectivity index (χ4v) is 11.3. The number of thioether (sulfide) groups is 1. The highest BCUT2D eigenvalue weighted by atomic mass is 33.1. The molecule has 0 saturated carbocycles. The van der Waals surface area contributed by atoms with Crippen molar-refractivity contribution >= 4 is 49.8 Å². The number of hydrogen-bond acceptors (Lipinski definition) is 5. The normalized spacial score (nSPS) is 18.1. The van der Waals surface area contributed by atoms with Crippen molar-refractivity contribution in [2.45, 2.75) is 167 Å². The molecule has 230 valence electrons. The summed E-state index contributed by atoms with van der Waals surface area (Å²) in [6, 6.07) is 4.54. The minimum absolute atomic E-state index is 0.125. The van der Waals surface area contributed by atoms with E-state index in [4.69, 9.17) is 12.2 Å². The lowest BCUT2D eigenvalue weighted by molar-refractivity contribution is 0.422. The third kappa shape index (κ3) is 11.7. The molecule has 1 saturated heterocycles. The molecule has 5 heteroatoms. The van der Waals surface area contributed by atoms with Crippen LogP contribution in [0.3, 0.4) is 0 Å². The molecular formula is C35H60OS4. The molecule has 0 aliphatic carbocycles. The van der Waals surface area contributed by atoms with E-state index in [9.17, 15) is 5.11 Å². The molecule has 1 fully saturated rings. The molecule has 40 heavy (non-hydrogen) atoms. The Morgan fingerprint density at radius 1 is 0.725 bits per heavy atom. The first-order valence-corrected chi connectivity index (χ1v) is 20.0. The van der Waals surface area contributed by atoms with Gasteiger partial charge in [-0.05, 0) is 62.6 Å². The van der Waals surface area contributed by atoms with Crippen LogP contribution in [0.15, 0.2) is 12.1 Å². The molecule has 2 rings (SSSR count). The lowest BCUT2D eigenvalue weighted by Gasteiger charge is -2.33. The summed E-state index contributed by atoms with van der Waals surface area (Å²) in [5, 5.41) is 11.3. The maximum absolute atomic E-state index is 11.3. The van der Waals surface area contributed by atoms with Gasteiger partial charge in [0.1, 0.15) is 5.75 Å². The van der Waals surface area contributed by atoms with Gasteiger partial charge in [0.25, 0.3) is 0 Å². The van der Waals surface area contributed by atoms with Crippen molar-refractivity contribution < 1.29 is 5.11 Å². The molecule has 0 spiro atoms. The van der Waals surface area contributed by atoms with Crippen molar-refractivity contribution in [2.24, 2.45) is 0 Å². The van der Waals surface area contributed by atoms with Gasteiger partial charge in [0, 0.05) is 5.75 Å². The van der Waals surface area contributed by atoms with E-state index in [1.807, 2.05) is 10.8 Å². The molecule has 1 nitrogen and oxygen atoms in total. The Balaban J connectivity index is 1.77. The standard InChI is InChI=1S/C35H60OS4/c1-8-9-10-11-12-13-14-15-16-17-18-19-20-21-22-23-24-38-35(27-39-40-32(35)37)28-25-29(33(2,3)4)31(36)30(26-28)34(5,6)7/h25-26,36H,8-24,27H2,1-7H3. The van der Waals surface area contributed by atoms with Gasteiger partial charge in [-0.1, -0.05) is 168 Å². The van der Waals surface area contributed by atoms with Crippen LogP contribution in [0.2, 0.25) is 0 Å². The van der Waals surface area contributed by atoms with Gasteiger partial charge in [0.2, 0.25) is 0 Å². The summed E-state index contributed by atoms with van der Waals surface area (Å²) >= 11 is 8.07. The molecule has 0 aromatic heterocycles. The lowest BCUT2D eigenvalue weighted by atomic mass is 9.77. The lowest BCUT2D eigenvalue weighted by Crippen LogP contribution is -2.30. The number of hydrogen-bond donors (Lipinski definition) is 1. The Morgan fingerprint density at radius 2 is 1.12 bits per heavy atom. The van der Waals surface area contributed by atoms with Crippen molar-refractivity contribution in [3.05, 3.63) is 28.8 Å². The predicted molar refractivity (Wildman–Crippen MR) is 192 cm³/mol. The number of thiocarbonyl (C=S) groups is 1. The quantitative estimate of drug-likeness (QED) is 0.0935. The monoisotopic (exact) mass is 624 g/mol. The van der Waals surface area contributed by atoms with Crippen molar-refractivity contribution in [1.29, 1.82) is 0 Å². The zero-order chi connectivity index (χ0) is 29.7. The summed E-state index contributed by atoms with van der Waals surface area (Å²) in [6.07, 6.45) is 22.5. The molecule has 0 bridgehead atoms. The van der Waals surface area contributed by atoms with E-state index in [0.717, 1.165) is 26.8 Å². The van der Waals surface area contributed by atoms with Crippen LogP contribution in [0.1, 0.15) is 168 Å². The molecule has 1 aromatic carbocycles. The van der Waals surface area contributed by atoms with Crippen LogP contribution in [-0.4, -0.2) is 20.8 Å². The largest absolute Gasteiger partial charge is 0.507 e. The number of phenolic OH excluding ortho intramolecular Hbond substituents is 1. The van der Waals surface area contributed by atoms with Crippen molar-refractivity contribution in [2.75, 3.05) is 11.5 Å². The summed E-state index contributed by atoms with van der Waals surface area (Å²) in [5.41, 5.74) is 3.13. The zero-order valence-corrected chi connectivity index (χ0v) is 30.2. The molecule has 1 aliphatic heterocycles. The van der Waals surface area contributed by atoms with E-state index in [1.165, 1.54) is 108 Å². The van der Waals surface area contributed by atoms with Crippen LogP contribution in [0.25, 0.3) is 0 Å². The van der Waals surface area contributed by atoms with Crippen LogP contribution < -0.4 is 0 Å². The second kappa shape index (κ2) is 18.1. The van der Waals surface area contributed by atoms with E-state index in [-0.39, 0.29) is 15.6 Å². The number of benzene rings is 1. The summed E-state index contributed by atoms with van der Waals surface area (Å²) in [5.74, 6) is 2.62. The van der Waals surface area contributed by atoms with Crippen LogP contribution in [-0.2, 0) is 15.6 Å². The summed E-state index contributed by atoms with van der Waals surface area (Å²) < 4.78 is 0.956. The molecular weight excluding hydrogens is 565 g/mol. The van der Waals surface area contributed by atoms with Crippen LogP contribution >= 0.6 is 45.6 Å². The Labute approximate surface area is 266 Å². The number of aromatic hydroxyl groups is 1. The molecule has 1 heterocycles. The van der Waals surface area contributed by atoms with Crippen LogP contribution in [0, 0.1) is 0 Å². The molecule has 1 N–H and O–H groups in total. The highest BCUT2D eigenvalue weighted by molar-refractivity contribution is 8.84. The Hall–Kier alpha value is 0.160. The first kappa shape index (κ1) is 36.4. The molecule has 0 radical (unpaired) electrons. The average Bonchev–Trinajstić information content (AvgIpc) is 3.25. The molecule has 1 atom stereocenters. The van der Waals surface area contributed by atoms with E-state index in [1.54, 1.807) is 10.8 Å². The van der Waals surface area contributed by atoms with Crippen molar-refractivity contribution in [1.82, 2.24) is 0 Å². The smallest absolute Gasteiger partial charge is 0.123 e. The molecule has 1 aliphatic rings. The third-order valence-corrected chi connectivity index (χ3v) is 13.6. The topological polar surface area (TPSA) is 20.2 Å². The number of rotatable bonds is 19. The SMILES string of the molecule is CCCCCCCCCCCCCCCCCCSC1(c2cc(C(C)(C)C)c(O)c(C(C)(C)C)c2)CSSC1=S. The minimum Gasteiger partial charge on any atom is -0.507 e. The van der Waals surface area contributed by atoms with Gasteiger partial charge in [-0.25, -0.2) is 0 Å². The van der Waals surface area contributed by atoms with Gasteiger partial charge < -0.3 is 5.11 Å². The molecule has 1 unspecified atom stereocenters.